The van der Waals surface area contributed by atoms with Crippen LogP contribution in [0.4, 0.5) is 4.79 Å². The maximum absolute atomic E-state index is 12.4. The summed E-state index contributed by atoms with van der Waals surface area (Å²) in [6.45, 7) is 7.62. The van der Waals surface area contributed by atoms with Gasteiger partial charge in [0.15, 0.2) is 6.23 Å². The maximum Gasteiger partial charge on any atom is 0.411 e. The van der Waals surface area contributed by atoms with Crippen LogP contribution in [0.3, 0.4) is 0 Å². The van der Waals surface area contributed by atoms with Gasteiger partial charge in [-0.05, 0) is 49.4 Å². The Morgan fingerprint density at radius 2 is 1.59 bits per heavy atom. The molecule has 41 heavy (non-hydrogen) atoms. The lowest BCUT2D eigenvalue weighted by atomic mass is 9.90. The van der Waals surface area contributed by atoms with E-state index in [2.05, 4.69) is 45.0 Å². The third-order valence-corrected chi connectivity index (χ3v) is 8.94. The summed E-state index contributed by atoms with van der Waals surface area (Å²) in [4.78, 5) is 33.6. The molecule has 0 N–H and O–H groups in total. The Morgan fingerprint density at radius 1 is 0.878 bits per heavy atom. The third kappa shape index (κ3) is 8.77. The highest BCUT2D eigenvalue weighted by Crippen LogP contribution is 2.27. The van der Waals surface area contributed by atoms with Crippen LogP contribution in [0.5, 0.6) is 0 Å². The molecule has 0 aliphatic carbocycles. The van der Waals surface area contributed by atoms with Crippen molar-refractivity contribution in [1.82, 2.24) is 19.6 Å². The normalized spacial score (nSPS) is 23.0. The summed E-state index contributed by atoms with van der Waals surface area (Å²) in [5.41, 5.74) is 2.41. The molecule has 2 atom stereocenters. The zero-order valence-corrected chi connectivity index (χ0v) is 24.5. The molecule has 3 heterocycles. The number of hydrogen-bond donors (Lipinski definition) is 0. The highest BCUT2D eigenvalue weighted by atomic mass is 16.6. The lowest BCUT2D eigenvalue weighted by Crippen LogP contribution is -2.57. The van der Waals surface area contributed by atoms with Gasteiger partial charge < -0.3 is 14.4 Å². The van der Waals surface area contributed by atoms with E-state index >= 15 is 0 Å². The molecule has 3 aliphatic heterocycles. The van der Waals surface area contributed by atoms with Gasteiger partial charge in [-0.2, -0.15) is 0 Å². The van der Waals surface area contributed by atoms with Crippen molar-refractivity contribution in [3.05, 3.63) is 71.8 Å². The number of likely N-dealkylation sites (N-methyl/N-ethyl adjacent to an activating group) is 1. The first-order valence-corrected chi connectivity index (χ1v) is 15.4. The number of piperidine rings is 1. The molecule has 1 amide bonds. The van der Waals surface area contributed by atoms with E-state index in [1.54, 1.807) is 11.9 Å². The summed E-state index contributed by atoms with van der Waals surface area (Å²) in [5, 5.41) is 0. The number of amides is 1. The largest absolute Gasteiger partial charge is 0.461 e. The van der Waals surface area contributed by atoms with Gasteiger partial charge in [0.2, 0.25) is 0 Å². The monoisotopic (exact) mass is 562 g/mol. The van der Waals surface area contributed by atoms with E-state index in [1.165, 1.54) is 44.3 Å². The topological polar surface area (TPSA) is 65.6 Å². The van der Waals surface area contributed by atoms with Gasteiger partial charge in [0.25, 0.3) is 0 Å². The summed E-state index contributed by atoms with van der Waals surface area (Å²) in [6.07, 6.45) is 6.01. The number of carbonyl (C=O) groups excluding carboxylic acids is 2. The van der Waals surface area contributed by atoms with Crippen molar-refractivity contribution in [2.45, 2.75) is 63.9 Å². The second kappa shape index (κ2) is 14.8. The van der Waals surface area contributed by atoms with E-state index in [4.69, 9.17) is 9.47 Å². The smallest absolute Gasteiger partial charge is 0.411 e. The van der Waals surface area contributed by atoms with Gasteiger partial charge in [-0.25, -0.2) is 4.79 Å². The van der Waals surface area contributed by atoms with E-state index < -0.39 is 0 Å². The molecule has 5 rings (SSSR count). The van der Waals surface area contributed by atoms with Crippen LogP contribution in [0.15, 0.2) is 60.7 Å². The number of ether oxygens (including phenoxy) is 2. The zero-order valence-electron chi connectivity index (χ0n) is 24.5. The lowest BCUT2D eigenvalue weighted by molar-refractivity contribution is -0.145. The molecule has 0 radical (unpaired) electrons. The van der Waals surface area contributed by atoms with Crippen molar-refractivity contribution in [3.63, 3.8) is 0 Å². The van der Waals surface area contributed by atoms with Crippen LogP contribution >= 0.6 is 0 Å². The second-order valence-corrected chi connectivity index (χ2v) is 11.9. The Hall–Kier alpha value is -2.94. The highest BCUT2D eigenvalue weighted by molar-refractivity contribution is 5.69. The number of cyclic esters (lactones) is 1. The zero-order chi connectivity index (χ0) is 28.4. The minimum Gasteiger partial charge on any atom is -0.461 e. The summed E-state index contributed by atoms with van der Waals surface area (Å²) in [5.74, 6) is 0.628. The molecule has 2 aromatic rings. The average molecular weight is 563 g/mol. The van der Waals surface area contributed by atoms with Crippen molar-refractivity contribution in [2.75, 3.05) is 52.9 Å². The number of nitrogens with zero attached hydrogens (tertiary/aromatic N) is 4. The fourth-order valence-corrected chi connectivity index (χ4v) is 6.47. The van der Waals surface area contributed by atoms with E-state index in [9.17, 15) is 9.59 Å². The predicted octanol–water partition coefficient (Wildman–Crippen LogP) is 4.60. The van der Waals surface area contributed by atoms with E-state index in [1.807, 2.05) is 30.3 Å². The molecule has 2 unspecified atom stereocenters. The molecular formula is C33H46N4O4. The summed E-state index contributed by atoms with van der Waals surface area (Å²) < 4.78 is 11.2. The van der Waals surface area contributed by atoms with E-state index in [0.717, 1.165) is 44.1 Å². The van der Waals surface area contributed by atoms with Crippen LogP contribution in [0.25, 0.3) is 0 Å². The summed E-state index contributed by atoms with van der Waals surface area (Å²) in [7, 11) is 1.80. The molecule has 3 fully saturated rings. The molecule has 0 spiro atoms. The molecule has 222 valence electrons. The van der Waals surface area contributed by atoms with Gasteiger partial charge in [-0.1, -0.05) is 73.5 Å². The molecule has 0 aromatic heterocycles. The molecule has 8 heteroatoms. The first kappa shape index (κ1) is 29.5. The Labute approximate surface area is 245 Å². The summed E-state index contributed by atoms with van der Waals surface area (Å²) >= 11 is 0. The maximum atomic E-state index is 12.4. The molecule has 8 nitrogen and oxygen atoms in total. The van der Waals surface area contributed by atoms with Crippen LogP contribution in [-0.4, -0.2) is 96.8 Å². The van der Waals surface area contributed by atoms with Gasteiger partial charge in [0.1, 0.15) is 6.61 Å². The molecule has 3 aliphatic rings. The number of carbonyl (C=O) groups is 2. The first-order valence-electron chi connectivity index (χ1n) is 15.4. The van der Waals surface area contributed by atoms with Gasteiger partial charge in [0.05, 0.1) is 13.0 Å². The fraction of sp³-hybridized carbons (Fsp3) is 0.576. The minimum atomic E-state index is -0.236. The Bertz CT molecular complexity index is 1090. The number of rotatable bonds is 12. The summed E-state index contributed by atoms with van der Waals surface area (Å²) in [6, 6.07) is 20.9. The average Bonchev–Trinajstić information content (AvgIpc) is 3.34. The number of benzene rings is 2. The second-order valence-electron chi connectivity index (χ2n) is 11.9. The van der Waals surface area contributed by atoms with E-state index in [-0.39, 0.29) is 18.3 Å². The predicted molar refractivity (Wildman–Crippen MR) is 159 cm³/mol. The Kier molecular flexibility index (Phi) is 10.7. The van der Waals surface area contributed by atoms with Crippen LogP contribution in [0, 0.1) is 5.92 Å². The third-order valence-electron chi connectivity index (χ3n) is 8.94. The fourth-order valence-electron chi connectivity index (χ4n) is 6.47. The van der Waals surface area contributed by atoms with Gasteiger partial charge in [-0.15, -0.1) is 0 Å². The Balaban J connectivity index is 1.07. The standard InChI is InChI=1S/C33H46N4O4/c1-34-25-31(41-33(34)39)37-22-21-36(20-17-32(38)40-26-29-11-6-3-7-12-29)24-30(37)14-8-13-27-15-18-35(19-16-27)23-28-9-4-2-5-10-28/h2-7,9-12,27,30-31H,8,13-26H2,1H3. The highest BCUT2D eigenvalue weighted by Gasteiger charge is 2.39. The molecule has 3 saturated heterocycles. The van der Waals surface area contributed by atoms with Gasteiger partial charge in [-0.3, -0.25) is 19.5 Å². The van der Waals surface area contributed by atoms with Crippen molar-refractivity contribution in [1.29, 1.82) is 0 Å². The van der Waals surface area contributed by atoms with Crippen LogP contribution in [0.2, 0.25) is 0 Å². The number of likely N-dealkylation sites (tertiary alicyclic amines) is 1. The number of piperazine rings is 1. The molecule has 0 bridgehead atoms. The van der Waals surface area contributed by atoms with Gasteiger partial charge >= 0.3 is 12.1 Å². The van der Waals surface area contributed by atoms with E-state index in [0.29, 0.717) is 32.2 Å². The van der Waals surface area contributed by atoms with Crippen LogP contribution in [-0.2, 0) is 27.4 Å². The van der Waals surface area contributed by atoms with Crippen LogP contribution < -0.4 is 0 Å². The van der Waals surface area contributed by atoms with Crippen molar-refractivity contribution < 1.29 is 19.1 Å². The van der Waals surface area contributed by atoms with Crippen molar-refractivity contribution in [2.24, 2.45) is 5.92 Å². The minimum absolute atomic E-state index is 0.155. The molecule has 0 saturated carbocycles. The van der Waals surface area contributed by atoms with Crippen molar-refractivity contribution >= 4 is 12.1 Å². The SMILES string of the molecule is CN1CC(N2CCN(CCC(=O)OCc3ccccc3)CC2CCCC2CCN(Cc3ccccc3)CC2)OC1=O. The number of esters is 1. The lowest BCUT2D eigenvalue weighted by Gasteiger charge is -2.43. The number of hydrogen-bond acceptors (Lipinski definition) is 7. The molecular weight excluding hydrogens is 516 g/mol. The quantitative estimate of drug-likeness (QED) is 0.351. The van der Waals surface area contributed by atoms with Gasteiger partial charge in [0, 0.05) is 45.8 Å². The first-order chi connectivity index (χ1) is 20.0. The van der Waals surface area contributed by atoms with Crippen molar-refractivity contribution in [3.8, 4) is 0 Å². The molecule has 2 aromatic carbocycles. The van der Waals surface area contributed by atoms with Crippen LogP contribution in [0.1, 0.15) is 49.7 Å². The Morgan fingerprint density at radius 3 is 2.27 bits per heavy atom.